The number of benzene rings is 1. The van der Waals surface area contributed by atoms with Gasteiger partial charge < -0.3 is 20.1 Å². The molecule has 1 unspecified atom stereocenters. The number of hydrogen-bond donors (Lipinski definition) is 2. The minimum atomic E-state index is -0.652. The first-order valence-corrected chi connectivity index (χ1v) is 6.92. The molecule has 0 saturated carbocycles. The molecule has 1 aromatic carbocycles. The molecular weight excluding hydrogens is 256 g/mol. The number of ether oxygens (including phenoxy) is 1. The number of nitrogens with one attached hydrogen (secondary N) is 1. The van der Waals surface area contributed by atoms with Crippen molar-refractivity contribution in [3.63, 3.8) is 0 Å². The van der Waals surface area contributed by atoms with Gasteiger partial charge in [-0.1, -0.05) is 30.3 Å². The van der Waals surface area contributed by atoms with Gasteiger partial charge in [-0.25, -0.2) is 0 Å². The second-order valence-electron chi connectivity index (χ2n) is 5.23. The van der Waals surface area contributed by atoms with Crippen LogP contribution in [0.15, 0.2) is 30.3 Å². The molecule has 110 valence electrons. The lowest BCUT2D eigenvalue weighted by Gasteiger charge is -2.31. The van der Waals surface area contributed by atoms with Crippen LogP contribution in [0.5, 0.6) is 0 Å². The molecule has 0 spiro atoms. The van der Waals surface area contributed by atoms with Gasteiger partial charge in [-0.15, -0.1) is 0 Å². The summed E-state index contributed by atoms with van der Waals surface area (Å²) in [6, 6.07) is 9.81. The van der Waals surface area contributed by atoms with E-state index >= 15 is 0 Å². The minimum Gasteiger partial charge on any atom is -0.389 e. The largest absolute Gasteiger partial charge is 0.389 e. The molecule has 2 N–H and O–H groups in total. The van der Waals surface area contributed by atoms with Gasteiger partial charge in [0.1, 0.15) is 0 Å². The van der Waals surface area contributed by atoms with Crippen molar-refractivity contribution in [2.45, 2.75) is 12.7 Å². The van der Waals surface area contributed by atoms with Crippen molar-refractivity contribution in [2.75, 3.05) is 33.3 Å². The Morgan fingerprint density at radius 3 is 2.75 bits per heavy atom. The summed E-state index contributed by atoms with van der Waals surface area (Å²) >= 11 is 0. The molecule has 20 heavy (non-hydrogen) atoms. The molecule has 1 saturated heterocycles. The molecule has 2 rings (SSSR count). The summed E-state index contributed by atoms with van der Waals surface area (Å²) in [5.41, 5.74) is 1.07. The predicted molar refractivity (Wildman–Crippen MR) is 76.1 cm³/mol. The summed E-state index contributed by atoms with van der Waals surface area (Å²) < 4.78 is 5.46. The van der Waals surface area contributed by atoms with Crippen LogP contribution in [0.1, 0.15) is 5.56 Å². The Labute approximate surface area is 119 Å². The summed E-state index contributed by atoms with van der Waals surface area (Å²) in [6.45, 7) is 2.50. The fourth-order valence-corrected chi connectivity index (χ4v) is 2.12. The molecule has 5 nitrogen and oxygen atoms in total. The van der Waals surface area contributed by atoms with Crippen LogP contribution >= 0.6 is 0 Å². The van der Waals surface area contributed by atoms with Crippen LogP contribution < -0.4 is 5.32 Å². The molecule has 0 aliphatic carbocycles. The Morgan fingerprint density at radius 1 is 1.45 bits per heavy atom. The van der Waals surface area contributed by atoms with E-state index in [1.807, 2.05) is 30.3 Å². The lowest BCUT2D eigenvalue weighted by molar-refractivity contribution is -0.137. The molecule has 1 heterocycles. The highest BCUT2D eigenvalue weighted by atomic mass is 16.5. The lowest BCUT2D eigenvalue weighted by Crippen LogP contribution is -2.52. The monoisotopic (exact) mass is 278 g/mol. The van der Waals surface area contributed by atoms with Gasteiger partial charge in [0.15, 0.2) is 0 Å². The Kier molecular flexibility index (Phi) is 5.52. The molecule has 1 atom stereocenters. The van der Waals surface area contributed by atoms with E-state index in [1.165, 1.54) is 0 Å². The Morgan fingerprint density at radius 2 is 2.15 bits per heavy atom. The third kappa shape index (κ3) is 4.30. The number of carbonyl (C=O) groups is 1. The SMILES string of the molecule is CN(CC(O)COCc1ccccc1)C(=O)C1CNC1. The van der Waals surface area contributed by atoms with Crippen molar-refractivity contribution >= 4 is 5.91 Å². The summed E-state index contributed by atoms with van der Waals surface area (Å²) in [5.74, 6) is 0.156. The molecule has 1 aromatic rings. The van der Waals surface area contributed by atoms with Gasteiger partial charge in [0.2, 0.25) is 5.91 Å². The van der Waals surface area contributed by atoms with Crippen LogP contribution in [0.3, 0.4) is 0 Å². The molecule has 1 aliphatic heterocycles. The van der Waals surface area contributed by atoms with Gasteiger partial charge >= 0.3 is 0 Å². The maximum Gasteiger partial charge on any atom is 0.228 e. The van der Waals surface area contributed by atoms with Crippen molar-refractivity contribution < 1.29 is 14.6 Å². The quantitative estimate of drug-likeness (QED) is 0.750. The smallest absolute Gasteiger partial charge is 0.228 e. The zero-order valence-corrected chi connectivity index (χ0v) is 11.8. The number of nitrogens with zero attached hydrogens (tertiary/aromatic N) is 1. The molecule has 1 amide bonds. The van der Waals surface area contributed by atoms with Crippen molar-refractivity contribution in [3.8, 4) is 0 Å². The average molecular weight is 278 g/mol. The van der Waals surface area contributed by atoms with Gasteiger partial charge in [0.25, 0.3) is 0 Å². The maximum atomic E-state index is 11.9. The minimum absolute atomic E-state index is 0.0671. The fraction of sp³-hybridized carbons (Fsp3) is 0.533. The lowest BCUT2D eigenvalue weighted by atomic mass is 10.0. The van der Waals surface area contributed by atoms with E-state index in [0.717, 1.165) is 18.7 Å². The van der Waals surface area contributed by atoms with Crippen LogP contribution in [-0.2, 0) is 16.1 Å². The number of aliphatic hydroxyl groups excluding tert-OH is 1. The Hall–Kier alpha value is -1.43. The topological polar surface area (TPSA) is 61.8 Å². The van der Waals surface area contributed by atoms with Gasteiger partial charge in [-0.2, -0.15) is 0 Å². The molecule has 5 heteroatoms. The number of aliphatic hydroxyl groups is 1. The van der Waals surface area contributed by atoms with E-state index in [4.69, 9.17) is 4.74 Å². The van der Waals surface area contributed by atoms with Crippen LogP contribution in [0, 0.1) is 5.92 Å². The summed E-state index contributed by atoms with van der Waals surface area (Å²) in [6.07, 6.45) is -0.652. The number of rotatable bonds is 7. The van der Waals surface area contributed by atoms with Crippen molar-refractivity contribution in [1.82, 2.24) is 10.2 Å². The highest BCUT2D eigenvalue weighted by Crippen LogP contribution is 2.07. The summed E-state index contributed by atoms with van der Waals surface area (Å²) in [4.78, 5) is 13.5. The molecule has 0 bridgehead atoms. The van der Waals surface area contributed by atoms with Crippen LogP contribution in [0.4, 0.5) is 0 Å². The highest BCUT2D eigenvalue weighted by Gasteiger charge is 2.28. The van der Waals surface area contributed by atoms with Gasteiger partial charge in [0, 0.05) is 26.7 Å². The van der Waals surface area contributed by atoms with Crippen molar-refractivity contribution in [3.05, 3.63) is 35.9 Å². The maximum absolute atomic E-state index is 11.9. The molecule has 0 aromatic heterocycles. The van der Waals surface area contributed by atoms with E-state index in [9.17, 15) is 9.90 Å². The van der Waals surface area contributed by atoms with E-state index in [2.05, 4.69) is 5.32 Å². The van der Waals surface area contributed by atoms with Gasteiger partial charge in [0.05, 0.1) is 25.2 Å². The Bertz CT molecular complexity index is 420. The number of hydrogen-bond acceptors (Lipinski definition) is 4. The van der Waals surface area contributed by atoms with Crippen molar-refractivity contribution in [2.24, 2.45) is 5.92 Å². The second kappa shape index (κ2) is 7.38. The number of likely N-dealkylation sites (N-methyl/N-ethyl adjacent to an activating group) is 1. The average Bonchev–Trinajstić information content (AvgIpc) is 2.37. The van der Waals surface area contributed by atoms with Crippen molar-refractivity contribution in [1.29, 1.82) is 0 Å². The van der Waals surface area contributed by atoms with E-state index in [1.54, 1.807) is 11.9 Å². The summed E-state index contributed by atoms with van der Waals surface area (Å²) in [7, 11) is 1.72. The molecular formula is C15H22N2O3. The first kappa shape index (κ1) is 15.0. The van der Waals surface area contributed by atoms with E-state index in [0.29, 0.717) is 13.2 Å². The normalized spacial score (nSPS) is 16.5. The Balaban J connectivity index is 1.64. The first-order valence-electron chi connectivity index (χ1n) is 6.92. The number of amides is 1. The third-order valence-corrected chi connectivity index (χ3v) is 3.41. The second-order valence-corrected chi connectivity index (χ2v) is 5.23. The van der Waals surface area contributed by atoms with Gasteiger partial charge in [-0.3, -0.25) is 4.79 Å². The summed E-state index contributed by atoms with van der Waals surface area (Å²) in [5, 5.41) is 13.0. The van der Waals surface area contributed by atoms with Crippen LogP contribution in [0.25, 0.3) is 0 Å². The van der Waals surface area contributed by atoms with Gasteiger partial charge in [-0.05, 0) is 5.56 Å². The zero-order chi connectivity index (χ0) is 14.4. The van der Waals surface area contributed by atoms with Crippen LogP contribution in [-0.4, -0.2) is 55.3 Å². The van der Waals surface area contributed by atoms with Crippen LogP contribution in [0.2, 0.25) is 0 Å². The predicted octanol–water partition coefficient (Wildman–Crippen LogP) is 0.242. The van der Waals surface area contributed by atoms with E-state index < -0.39 is 6.10 Å². The molecule has 1 fully saturated rings. The number of carbonyl (C=O) groups excluding carboxylic acids is 1. The highest BCUT2D eigenvalue weighted by molar-refractivity contribution is 5.79. The fourth-order valence-electron chi connectivity index (χ4n) is 2.12. The third-order valence-electron chi connectivity index (χ3n) is 3.41. The first-order chi connectivity index (χ1) is 9.66. The molecule has 1 aliphatic rings. The zero-order valence-electron chi connectivity index (χ0n) is 11.8. The standard InChI is InChI=1S/C15H22N2O3/c1-17(15(19)13-7-16-8-13)9-14(18)11-20-10-12-5-3-2-4-6-12/h2-6,13-14,16,18H,7-11H2,1H3. The molecule has 0 radical (unpaired) electrons. The van der Waals surface area contributed by atoms with E-state index in [-0.39, 0.29) is 18.4 Å².